The Hall–Kier alpha value is -1.65. The van der Waals surface area contributed by atoms with Crippen LogP contribution in [0.1, 0.15) is 12.5 Å². The van der Waals surface area contributed by atoms with Gasteiger partial charge in [0.05, 0.1) is 0 Å². The van der Waals surface area contributed by atoms with Gasteiger partial charge in [0, 0.05) is 22.2 Å². The molecular weight excluding hydrogens is 330 g/mol. The topological polar surface area (TPSA) is 38.3 Å². The maximum Gasteiger partial charge on any atom is 0.260 e. The lowest BCUT2D eigenvalue weighted by Gasteiger charge is -2.15. The minimum atomic E-state index is -0.516. The number of carbonyl (C=O) groups excluding carboxylic acids is 1. The molecule has 0 spiro atoms. The molecule has 0 saturated carbocycles. The Bertz CT molecular complexity index is 646. The second-order valence-electron chi connectivity index (χ2n) is 5.17. The van der Waals surface area contributed by atoms with Gasteiger partial charge in [-0.15, -0.1) is 11.8 Å². The zero-order valence-electron chi connectivity index (χ0n) is 13.2. The van der Waals surface area contributed by atoms with Crippen LogP contribution in [0.15, 0.2) is 53.4 Å². The molecule has 0 heterocycles. The smallest absolute Gasteiger partial charge is 0.260 e. The molecule has 0 radical (unpaired) electrons. The van der Waals surface area contributed by atoms with E-state index in [4.69, 9.17) is 16.3 Å². The fourth-order valence-electron chi connectivity index (χ4n) is 1.96. The number of nitrogens with one attached hydrogen (secondary N) is 1. The monoisotopic (exact) mass is 349 g/mol. The Morgan fingerprint density at radius 2 is 2.00 bits per heavy atom. The standard InChI is InChI=1S/C18H20ClNO2S/c1-13-4-3-5-16(12-13)22-14(2)18(21)20-10-11-23-17-8-6-15(19)7-9-17/h3-9,12,14H,10-11H2,1-2H3,(H,20,21)/t14-/m0/s1. The maximum atomic E-state index is 12.0. The zero-order valence-corrected chi connectivity index (χ0v) is 14.8. The second kappa shape index (κ2) is 8.85. The first-order valence-electron chi connectivity index (χ1n) is 7.44. The van der Waals surface area contributed by atoms with Gasteiger partial charge in [-0.05, 0) is 55.8 Å². The van der Waals surface area contributed by atoms with Crippen LogP contribution in [0.5, 0.6) is 5.75 Å². The molecule has 3 nitrogen and oxygen atoms in total. The van der Waals surface area contributed by atoms with Crippen molar-refractivity contribution in [3.8, 4) is 5.75 Å². The fraction of sp³-hybridized carbons (Fsp3) is 0.278. The van der Waals surface area contributed by atoms with Crippen LogP contribution < -0.4 is 10.1 Å². The van der Waals surface area contributed by atoms with Gasteiger partial charge in [0.2, 0.25) is 0 Å². The number of benzene rings is 2. The first-order valence-corrected chi connectivity index (χ1v) is 8.80. The average molecular weight is 350 g/mol. The van der Waals surface area contributed by atoms with Gasteiger partial charge >= 0.3 is 0 Å². The Balaban J connectivity index is 1.70. The summed E-state index contributed by atoms with van der Waals surface area (Å²) < 4.78 is 5.65. The first kappa shape index (κ1) is 17.7. The third-order valence-electron chi connectivity index (χ3n) is 3.16. The molecule has 0 aromatic heterocycles. The van der Waals surface area contributed by atoms with E-state index in [2.05, 4.69) is 5.32 Å². The van der Waals surface area contributed by atoms with Crippen molar-refractivity contribution in [2.45, 2.75) is 24.8 Å². The summed E-state index contributed by atoms with van der Waals surface area (Å²) in [6, 6.07) is 15.3. The number of thioether (sulfide) groups is 1. The third-order valence-corrected chi connectivity index (χ3v) is 4.42. The highest BCUT2D eigenvalue weighted by atomic mass is 35.5. The Morgan fingerprint density at radius 1 is 1.26 bits per heavy atom. The van der Waals surface area contributed by atoms with Crippen LogP contribution in [0.3, 0.4) is 0 Å². The highest BCUT2D eigenvalue weighted by Gasteiger charge is 2.13. The van der Waals surface area contributed by atoms with Gasteiger partial charge in [0.15, 0.2) is 6.10 Å². The summed E-state index contributed by atoms with van der Waals surface area (Å²) in [5.41, 5.74) is 1.11. The van der Waals surface area contributed by atoms with Gasteiger partial charge in [-0.3, -0.25) is 4.79 Å². The first-order chi connectivity index (χ1) is 11.0. The lowest BCUT2D eigenvalue weighted by Crippen LogP contribution is -2.37. The summed E-state index contributed by atoms with van der Waals surface area (Å²) in [4.78, 5) is 13.2. The summed E-state index contributed by atoms with van der Waals surface area (Å²) in [7, 11) is 0. The molecule has 0 unspecified atom stereocenters. The average Bonchev–Trinajstić information content (AvgIpc) is 2.53. The van der Waals surface area contributed by atoms with Crippen molar-refractivity contribution < 1.29 is 9.53 Å². The number of halogens is 1. The number of hydrogen-bond acceptors (Lipinski definition) is 3. The van der Waals surface area contributed by atoms with E-state index in [-0.39, 0.29) is 5.91 Å². The van der Waals surface area contributed by atoms with E-state index in [1.807, 2.05) is 55.5 Å². The van der Waals surface area contributed by atoms with E-state index in [0.29, 0.717) is 12.3 Å². The number of rotatable bonds is 7. The largest absolute Gasteiger partial charge is 0.481 e. The maximum absolute atomic E-state index is 12.0. The van der Waals surface area contributed by atoms with E-state index in [9.17, 15) is 4.79 Å². The van der Waals surface area contributed by atoms with Gasteiger partial charge < -0.3 is 10.1 Å². The molecule has 122 valence electrons. The van der Waals surface area contributed by atoms with Crippen molar-refractivity contribution in [1.29, 1.82) is 0 Å². The van der Waals surface area contributed by atoms with E-state index in [1.165, 1.54) is 0 Å². The SMILES string of the molecule is Cc1cccc(O[C@@H](C)C(=O)NCCSc2ccc(Cl)cc2)c1. The number of hydrogen-bond donors (Lipinski definition) is 1. The summed E-state index contributed by atoms with van der Waals surface area (Å²) in [5, 5.41) is 3.61. The summed E-state index contributed by atoms with van der Waals surface area (Å²) in [6.07, 6.45) is -0.516. The third kappa shape index (κ3) is 6.16. The van der Waals surface area contributed by atoms with Crippen LogP contribution in [0.25, 0.3) is 0 Å². The molecule has 0 bridgehead atoms. The van der Waals surface area contributed by atoms with Crippen molar-refractivity contribution >= 4 is 29.3 Å². The van der Waals surface area contributed by atoms with E-state index < -0.39 is 6.10 Å². The van der Waals surface area contributed by atoms with Crippen molar-refractivity contribution in [3.63, 3.8) is 0 Å². The molecule has 1 amide bonds. The van der Waals surface area contributed by atoms with Gasteiger partial charge in [-0.2, -0.15) is 0 Å². The predicted molar refractivity (Wildman–Crippen MR) is 96.5 cm³/mol. The van der Waals surface area contributed by atoms with E-state index in [0.717, 1.165) is 21.2 Å². The fourth-order valence-corrected chi connectivity index (χ4v) is 2.86. The van der Waals surface area contributed by atoms with Crippen molar-refractivity contribution in [1.82, 2.24) is 5.32 Å². The molecule has 0 aliphatic rings. The predicted octanol–water partition coefficient (Wildman–Crippen LogP) is 4.32. The molecule has 2 aromatic rings. The lowest BCUT2D eigenvalue weighted by atomic mass is 10.2. The van der Waals surface area contributed by atoms with E-state index >= 15 is 0 Å². The molecular formula is C18H20ClNO2S. The zero-order chi connectivity index (χ0) is 16.7. The highest BCUT2D eigenvalue weighted by molar-refractivity contribution is 7.99. The summed E-state index contributed by atoms with van der Waals surface area (Å²) in [6.45, 7) is 4.34. The van der Waals surface area contributed by atoms with Crippen LogP contribution in [-0.4, -0.2) is 24.3 Å². The minimum absolute atomic E-state index is 0.108. The molecule has 1 atom stereocenters. The summed E-state index contributed by atoms with van der Waals surface area (Å²) in [5.74, 6) is 1.40. The molecule has 0 aliphatic carbocycles. The molecule has 5 heteroatoms. The van der Waals surface area contributed by atoms with Crippen LogP contribution in [0, 0.1) is 6.92 Å². The van der Waals surface area contributed by atoms with Crippen LogP contribution in [-0.2, 0) is 4.79 Å². The number of ether oxygens (including phenoxy) is 1. The molecule has 2 aromatic carbocycles. The Kier molecular flexibility index (Phi) is 6.81. The second-order valence-corrected chi connectivity index (χ2v) is 6.77. The van der Waals surface area contributed by atoms with E-state index in [1.54, 1.807) is 18.7 Å². The van der Waals surface area contributed by atoms with Crippen LogP contribution in [0.4, 0.5) is 0 Å². The molecule has 0 aliphatic heterocycles. The van der Waals surface area contributed by atoms with Gasteiger partial charge in [0.1, 0.15) is 5.75 Å². The molecule has 0 saturated heterocycles. The molecule has 1 N–H and O–H groups in total. The molecule has 23 heavy (non-hydrogen) atoms. The quantitative estimate of drug-likeness (QED) is 0.597. The van der Waals surface area contributed by atoms with Crippen molar-refractivity contribution in [3.05, 3.63) is 59.1 Å². The van der Waals surface area contributed by atoms with Crippen LogP contribution in [0.2, 0.25) is 5.02 Å². The van der Waals surface area contributed by atoms with Gasteiger partial charge in [-0.1, -0.05) is 23.7 Å². The molecule has 2 rings (SSSR count). The van der Waals surface area contributed by atoms with Gasteiger partial charge in [0.25, 0.3) is 5.91 Å². The number of aryl methyl sites for hydroxylation is 1. The molecule has 0 fully saturated rings. The van der Waals surface area contributed by atoms with Crippen molar-refractivity contribution in [2.75, 3.05) is 12.3 Å². The van der Waals surface area contributed by atoms with Crippen molar-refractivity contribution in [2.24, 2.45) is 0 Å². The highest BCUT2D eigenvalue weighted by Crippen LogP contribution is 2.19. The Morgan fingerprint density at radius 3 is 2.70 bits per heavy atom. The van der Waals surface area contributed by atoms with Gasteiger partial charge in [-0.25, -0.2) is 0 Å². The normalized spacial score (nSPS) is 11.8. The minimum Gasteiger partial charge on any atom is -0.481 e. The Labute approximate surface area is 146 Å². The summed E-state index contributed by atoms with van der Waals surface area (Å²) >= 11 is 7.52. The number of amides is 1. The lowest BCUT2D eigenvalue weighted by molar-refractivity contribution is -0.127. The van der Waals surface area contributed by atoms with Crippen LogP contribution >= 0.6 is 23.4 Å². The number of carbonyl (C=O) groups is 1.